The fraction of sp³-hybridized carbons (Fsp3) is 0.500. The highest BCUT2D eigenvalue weighted by Crippen LogP contribution is 2.55. The van der Waals surface area contributed by atoms with Crippen LogP contribution in [0.1, 0.15) is 31.1 Å². The van der Waals surface area contributed by atoms with Crippen molar-refractivity contribution in [3.8, 4) is 0 Å². The lowest BCUT2D eigenvalue weighted by Gasteiger charge is -2.25. The molecule has 112 valence electrons. The molecule has 0 amide bonds. The predicted octanol–water partition coefficient (Wildman–Crippen LogP) is 3.50. The zero-order valence-corrected chi connectivity index (χ0v) is 13.0. The lowest BCUT2D eigenvalue weighted by atomic mass is 10.2. The molecule has 0 aliphatic carbocycles. The SMILES string of the molecule is CCOC(OCC)P(=O)(OCC)C(=O)c1ccccc1. The molecule has 0 N–H and O–H groups in total. The number of rotatable bonds is 9. The van der Waals surface area contributed by atoms with E-state index in [1.165, 1.54) is 0 Å². The number of carbonyl (C=O) groups excluding carboxylic acids is 1. The molecule has 1 unspecified atom stereocenters. The molecule has 5 nitrogen and oxygen atoms in total. The van der Waals surface area contributed by atoms with E-state index in [1.807, 2.05) is 0 Å². The molecule has 6 heteroatoms. The predicted molar refractivity (Wildman–Crippen MR) is 77.0 cm³/mol. The molecule has 0 aromatic heterocycles. The van der Waals surface area contributed by atoms with Crippen LogP contribution in [-0.4, -0.2) is 31.4 Å². The summed E-state index contributed by atoms with van der Waals surface area (Å²) in [4.78, 5) is 12.5. The number of benzene rings is 1. The first-order valence-electron chi connectivity index (χ1n) is 6.67. The highest BCUT2D eigenvalue weighted by Gasteiger charge is 2.43. The van der Waals surface area contributed by atoms with Gasteiger partial charge < -0.3 is 14.0 Å². The maximum Gasteiger partial charge on any atom is 0.326 e. The zero-order chi connectivity index (χ0) is 15.0. The first kappa shape index (κ1) is 17.1. The first-order valence-corrected chi connectivity index (χ1v) is 8.36. The van der Waals surface area contributed by atoms with E-state index < -0.39 is 18.9 Å². The van der Waals surface area contributed by atoms with E-state index >= 15 is 0 Å². The molecule has 0 radical (unpaired) electrons. The van der Waals surface area contributed by atoms with Gasteiger partial charge in [-0.2, -0.15) is 0 Å². The Kier molecular flexibility index (Phi) is 7.10. The summed E-state index contributed by atoms with van der Waals surface area (Å²) in [6, 6.07) is 7.24. The Hall–Kier alpha value is -1.00. The van der Waals surface area contributed by atoms with Gasteiger partial charge in [0.1, 0.15) is 0 Å². The minimum atomic E-state index is -3.76. The van der Waals surface area contributed by atoms with Gasteiger partial charge in [0.2, 0.25) is 6.03 Å². The minimum Gasteiger partial charge on any atom is -0.344 e. The van der Waals surface area contributed by atoms with Gasteiger partial charge in [0.15, 0.2) is 0 Å². The number of hydrogen-bond acceptors (Lipinski definition) is 5. The summed E-state index contributed by atoms with van der Waals surface area (Å²) in [5.74, 6) is 0. The fourth-order valence-electron chi connectivity index (χ4n) is 1.70. The summed E-state index contributed by atoms with van der Waals surface area (Å²) in [6.45, 7) is 5.88. The first-order chi connectivity index (χ1) is 9.60. The molecule has 1 aromatic carbocycles. The Labute approximate surface area is 119 Å². The van der Waals surface area contributed by atoms with Gasteiger partial charge in [-0.25, -0.2) is 0 Å². The molecule has 0 fully saturated rings. The van der Waals surface area contributed by atoms with Gasteiger partial charge in [-0.1, -0.05) is 30.3 Å². The van der Waals surface area contributed by atoms with Crippen molar-refractivity contribution in [2.45, 2.75) is 26.8 Å². The average Bonchev–Trinajstić information content (AvgIpc) is 2.47. The fourth-order valence-corrected chi connectivity index (χ4v) is 3.71. The summed E-state index contributed by atoms with van der Waals surface area (Å²) in [5, 5.41) is 0. The summed E-state index contributed by atoms with van der Waals surface area (Å²) in [5.41, 5.74) is -0.250. The van der Waals surface area contributed by atoms with Crippen LogP contribution >= 0.6 is 7.37 Å². The van der Waals surface area contributed by atoms with Gasteiger partial charge in [-0.15, -0.1) is 0 Å². The largest absolute Gasteiger partial charge is 0.344 e. The van der Waals surface area contributed by atoms with Crippen LogP contribution in [0.5, 0.6) is 0 Å². The molecule has 0 saturated carbocycles. The topological polar surface area (TPSA) is 61.8 Å². The van der Waals surface area contributed by atoms with Gasteiger partial charge in [0, 0.05) is 18.8 Å². The summed E-state index contributed by atoms with van der Waals surface area (Å²) in [6.07, 6.45) is 0. The van der Waals surface area contributed by atoms with Crippen LogP contribution in [0.2, 0.25) is 0 Å². The Balaban J connectivity index is 3.12. The Morgan fingerprint density at radius 1 is 1.05 bits per heavy atom. The second-order valence-corrected chi connectivity index (χ2v) is 6.18. The van der Waals surface area contributed by atoms with Gasteiger partial charge in [0.05, 0.1) is 6.61 Å². The van der Waals surface area contributed by atoms with E-state index in [0.717, 1.165) is 0 Å². The normalized spacial score (nSPS) is 14.2. The van der Waals surface area contributed by atoms with Gasteiger partial charge in [-0.3, -0.25) is 9.36 Å². The van der Waals surface area contributed by atoms with E-state index in [4.69, 9.17) is 14.0 Å². The lowest BCUT2D eigenvalue weighted by molar-refractivity contribution is -0.0879. The van der Waals surface area contributed by atoms with Crippen molar-refractivity contribution in [2.75, 3.05) is 19.8 Å². The molecule has 1 aromatic rings. The highest BCUT2D eigenvalue weighted by atomic mass is 31.2. The van der Waals surface area contributed by atoms with Crippen LogP contribution in [0.25, 0.3) is 0 Å². The van der Waals surface area contributed by atoms with Crippen LogP contribution in [0.15, 0.2) is 30.3 Å². The molecule has 0 spiro atoms. The third-order valence-corrected chi connectivity index (χ3v) is 4.84. The van der Waals surface area contributed by atoms with Crippen LogP contribution in [0.4, 0.5) is 0 Å². The lowest BCUT2D eigenvalue weighted by Crippen LogP contribution is -2.23. The Morgan fingerprint density at radius 2 is 1.60 bits per heavy atom. The number of carbonyl (C=O) groups is 1. The van der Waals surface area contributed by atoms with E-state index in [9.17, 15) is 9.36 Å². The van der Waals surface area contributed by atoms with E-state index in [1.54, 1.807) is 51.1 Å². The van der Waals surface area contributed by atoms with Gasteiger partial charge in [-0.05, 0) is 20.8 Å². The maximum absolute atomic E-state index is 13.0. The standard InChI is InChI=1S/C14H21O5P/c1-4-17-14(18-5-2)20(16,19-6-3)13(15)12-10-8-7-9-11-12/h7-11,14H,4-6H2,1-3H3. The number of hydrogen-bond donors (Lipinski definition) is 0. The van der Waals surface area contributed by atoms with E-state index in [-0.39, 0.29) is 19.8 Å². The summed E-state index contributed by atoms with van der Waals surface area (Å²) < 4.78 is 28.9. The van der Waals surface area contributed by atoms with E-state index in [0.29, 0.717) is 5.56 Å². The third-order valence-electron chi connectivity index (χ3n) is 2.52. The van der Waals surface area contributed by atoms with E-state index in [2.05, 4.69) is 0 Å². The quantitative estimate of drug-likeness (QED) is 0.516. The van der Waals surface area contributed by atoms with Gasteiger partial charge >= 0.3 is 7.37 Å². The number of ether oxygens (including phenoxy) is 2. The minimum absolute atomic E-state index is 0.145. The van der Waals surface area contributed by atoms with Crippen molar-refractivity contribution in [3.05, 3.63) is 35.9 Å². The molecular formula is C14H21O5P. The zero-order valence-electron chi connectivity index (χ0n) is 12.1. The van der Waals surface area contributed by atoms with Crippen LogP contribution in [-0.2, 0) is 18.6 Å². The average molecular weight is 300 g/mol. The highest BCUT2D eigenvalue weighted by molar-refractivity contribution is 7.77. The Morgan fingerprint density at radius 3 is 2.05 bits per heavy atom. The molecule has 20 heavy (non-hydrogen) atoms. The van der Waals surface area contributed by atoms with Crippen LogP contribution < -0.4 is 0 Å². The van der Waals surface area contributed by atoms with Crippen molar-refractivity contribution < 1.29 is 23.4 Å². The van der Waals surface area contributed by atoms with Crippen LogP contribution in [0.3, 0.4) is 0 Å². The summed E-state index contributed by atoms with van der Waals surface area (Å²) in [7, 11) is -3.76. The molecule has 0 aliphatic rings. The van der Waals surface area contributed by atoms with Crippen molar-refractivity contribution in [1.29, 1.82) is 0 Å². The molecule has 1 atom stereocenters. The van der Waals surface area contributed by atoms with Crippen molar-refractivity contribution >= 4 is 12.9 Å². The Bertz CT molecular complexity index is 454. The van der Waals surface area contributed by atoms with Crippen molar-refractivity contribution in [2.24, 2.45) is 0 Å². The molecule has 1 rings (SSSR count). The van der Waals surface area contributed by atoms with Crippen molar-refractivity contribution in [1.82, 2.24) is 0 Å². The smallest absolute Gasteiger partial charge is 0.326 e. The third kappa shape index (κ3) is 4.00. The molecular weight excluding hydrogens is 279 g/mol. The van der Waals surface area contributed by atoms with Gasteiger partial charge in [0.25, 0.3) is 5.52 Å². The molecule has 0 bridgehead atoms. The van der Waals surface area contributed by atoms with Crippen molar-refractivity contribution in [3.63, 3.8) is 0 Å². The summed E-state index contributed by atoms with van der Waals surface area (Å²) >= 11 is 0. The maximum atomic E-state index is 13.0. The molecule has 0 aliphatic heterocycles. The second kappa shape index (κ2) is 8.32. The molecule has 0 saturated heterocycles. The monoisotopic (exact) mass is 300 g/mol. The second-order valence-electron chi connectivity index (χ2n) is 3.90. The van der Waals surface area contributed by atoms with Crippen LogP contribution in [0, 0.1) is 0 Å². The molecule has 0 heterocycles.